The molecule has 0 unspecified atom stereocenters. The molecule has 0 spiro atoms. The van der Waals surface area contributed by atoms with Crippen LogP contribution in [-0.4, -0.2) is 33.2 Å². The van der Waals surface area contributed by atoms with Crippen molar-refractivity contribution in [1.29, 1.82) is 0 Å². The third kappa shape index (κ3) is 5.58. The Morgan fingerprint density at radius 1 is 1.42 bits per heavy atom. The summed E-state index contributed by atoms with van der Waals surface area (Å²) in [5.74, 6) is -1.09. The molecule has 0 fully saturated rings. The molecule has 0 aliphatic rings. The van der Waals surface area contributed by atoms with Crippen molar-refractivity contribution in [3.63, 3.8) is 0 Å². The van der Waals surface area contributed by atoms with E-state index in [1.54, 1.807) is 12.1 Å². The number of anilines is 2. The molecular formula is C11H17N3O4S. The van der Waals surface area contributed by atoms with Gasteiger partial charge in [-0.05, 0) is 30.7 Å². The minimum absolute atomic E-state index is 0.157. The van der Waals surface area contributed by atoms with E-state index in [9.17, 15) is 13.2 Å². The van der Waals surface area contributed by atoms with Gasteiger partial charge in [-0.3, -0.25) is 8.98 Å². The number of hydrogen-bond donors (Lipinski definition) is 3. The number of nitrogens with two attached hydrogens (primary N) is 2. The van der Waals surface area contributed by atoms with Gasteiger partial charge >= 0.3 is 0 Å². The summed E-state index contributed by atoms with van der Waals surface area (Å²) >= 11 is 0. The van der Waals surface area contributed by atoms with Crippen LogP contribution in [0.1, 0.15) is 5.56 Å². The first kappa shape index (κ1) is 15.3. The summed E-state index contributed by atoms with van der Waals surface area (Å²) in [6.45, 7) is 1.38. The molecule has 0 bridgehead atoms. The van der Waals surface area contributed by atoms with Gasteiger partial charge in [-0.25, -0.2) is 0 Å². The van der Waals surface area contributed by atoms with Gasteiger partial charge in [0.15, 0.2) is 0 Å². The summed E-state index contributed by atoms with van der Waals surface area (Å²) in [6.07, 6.45) is 0. The SMILES string of the molecule is Cc1cc(NCCS(=O)(=O)OCC(N)=O)ccc1N. The number of aryl methyl sites for hydroxylation is 1. The predicted molar refractivity (Wildman–Crippen MR) is 73.0 cm³/mol. The average Bonchev–Trinajstić information content (AvgIpc) is 2.31. The second-order valence-corrected chi connectivity index (χ2v) is 5.75. The Labute approximate surface area is 112 Å². The van der Waals surface area contributed by atoms with Crippen molar-refractivity contribution in [2.24, 2.45) is 5.73 Å². The molecule has 1 aromatic carbocycles. The number of nitrogen functional groups attached to an aromatic ring is 1. The van der Waals surface area contributed by atoms with Crippen molar-refractivity contribution in [3.05, 3.63) is 23.8 Å². The zero-order valence-electron chi connectivity index (χ0n) is 10.5. The average molecular weight is 287 g/mol. The summed E-state index contributed by atoms with van der Waals surface area (Å²) in [4.78, 5) is 10.4. The molecule has 0 aromatic heterocycles. The number of primary amides is 1. The Hall–Kier alpha value is -1.80. The first-order valence-corrected chi connectivity index (χ1v) is 7.13. The highest BCUT2D eigenvalue weighted by Gasteiger charge is 2.12. The van der Waals surface area contributed by atoms with E-state index in [1.807, 2.05) is 13.0 Å². The van der Waals surface area contributed by atoms with E-state index in [0.29, 0.717) is 5.69 Å². The van der Waals surface area contributed by atoms with Crippen molar-refractivity contribution < 1.29 is 17.4 Å². The lowest BCUT2D eigenvalue weighted by molar-refractivity contribution is -0.119. The summed E-state index contributed by atoms with van der Waals surface area (Å²) in [5, 5.41) is 2.93. The third-order valence-electron chi connectivity index (χ3n) is 2.33. The maximum Gasteiger partial charge on any atom is 0.269 e. The van der Waals surface area contributed by atoms with E-state index in [0.717, 1.165) is 11.3 Å². The Kier molecular flexibility index (Phi) is 5.13. The van der Waals surface area contributed by atoms with Gasteiger partial charge in [-0.1, -0.05) is 0 Å². The van der Waals surface area contributed by atoms with E-state index in [-0.39, 0.29) is 12.3 Å². The van der Waals surface area contributed by atoms with E-state index in [1.165, 1.54) is 0 Å². The van der Waals surface area contributed by atoms with E-state index in [2.05, 4.69) is 9.50 Å². The second kappa shape index (κ2) is 6.39. The Morgan fingerprint density at radius 3 is 2.68 bits per heavy atom. The van der Waals surface area contributed by atoms with Gasteiger partial charge in [0.25, 0.3) is 10.1 Å². The molecule has 0 atom stereocenters. The van der Waals surface area contributed by atoms with E-state index >= 15 is 0 Å². The maximum atomic E-state index is 11.4. The summed E-state index contributed by atoms with van der Waals surface area (Å²) in [6, 6.07) is 5.29. The predicted octanol–water partition coefficient (Wildman–Crippen LogP) is -0.179. The van der Waals surface area contributed by atoms with Crippen LogP contribution in [0.3, 0.4) is 0 Å². The molecule has 8 heteroatoms. The minimum atomic E-state index is -3.75. The number of amides is 1. The van der Waals surface area contributed by atoms with Crippen molar-refractivity contribution in [3.8, 4) is 0 Å². The number of nitrogens with one attached hydrogen (secondary N) is 1. The second-order valence-electron chi connectivity index (χ2n) is 3.99. The normalized spacial score (nSPS) is 11.2. The molecule has 0 radical (unpaired) electrons. The first-order valence-electron chi connectivity index (χ1n) is 5.55. The lowest BCUT2D eigenvalue weighted by Gasteiger charge is -2.09. The van der Waals surface area contributed by atoms with Crippen LogP contribution in [0.4, 0.5) is 11.4 Å². The van der Waals surface area contributed by atoms with Crippen molar-refractivity contribution in [2.75, 3.05) is 30.0 Å². The third-order valence-corrected chi connectivity index (χ3v) is 3.51. The molecule has 0 aliphatic heterocycles. The zero-order valence-corrected chi connectivity index (χ0v) is 11.4. The monoisotopic (exact) mass is 287 g/mol. The molecule has 0 heterocycles. The maximum absolute atomic E-state index is 11.4. The molecule has 1 rings (SSSR count). The van der Waals surface area contributed by atoms with Crippen LogP contribution >= 0.6 is 0 Å². The Bertz CT molecular complexity index is 557. The molecule has 1 amide bonds. The molecule has 0 saturated carbocycles. The fourth-order valence-corrected chi connectivity index (χ4v) is 2.08. The lowest BCUT2D eigenvalue weighted by atomic mass is 10.2. The number of benzene rings is 1. The van der Waals surface area contributed by atoms with Crippen LogP contribution in [0.5, 0.6) is 0 Å². The fourth-order valence-electron chi connectivity index (χ4n) is 1.31. The highest BCUT2D eigenvalue weighted by atomic mass is 32.2. The van der Waals surface area contributed by atoms with Gasteiger partial charge in [0, 0.05) is 17.9 Å². The molecule has 0 saturated heterocycles. The van der Waals surface area contributed by atoms with Crippen LogP contribution < -0.4 is 16.8 Å². The quantitative estimate of drug-likeness (QED) is 0.472. The van der Waals surface area contributed by atoms with Gasteiger partial charge in [0.05, 0.1) is 5.75 Å². The molecular weight excluding hydrogens is 270 g/mol. The summed E-state index contributed by atoms with van der Waals surface area (Å²) in [7, 11) is -3.75. The van der Waals surface area contributed by atoms with E-state index in [4.69, 9.17) is 11.5 Å². The highest BCUT2D eigenvalue weighted by Crippen LogP contribution is 2.16. The van der Waals surface area contributed by atoms with Crippen LogP contribution in [-0.2, 0) is 19.1 Å². The number of carbonyl (C=O) groups is 1. The van der Waals surface area contributed by atoms with Gasteiger partial charge in [0.1, 0.15) is 6.61 Å². The summed E-state index contributed by atoms with van der Waals surface area (Å²) in [5.41, 5.74) is 12.8. The van der Waals surface area contributed by atoms with Gasteiger partial charge in [0.2, 0.25) is 5.91 Å². The molecule has 7 nitrogen and oxygen atoms in total. The van der Waals surface area contributed by atoms with Gasteiger partial charge < -0.3 is 16.8 Å². The zero-order chi connectivity index (χ0) is 14.5. The summed E-state index contributed by atoms with van der Waals surface area (Å²) < 4.78 is 27.1. The first-order chi connectivity index (χ1) is 8.80. The van der Waals surface area contributed by atoms with Gasteiger partial charge in [-0.15, -0.1) is 0 Å². The van der Waals surface area contributed by atoms with Crippen LogP contribution in [0, 0.1) is 6.92 Å². The largest absolute Gasteiger partial charge is 0.399 e. The van der Waals surface area contributed by atoms with Crippen molar-refractivity contribution in [2.45, 2.75) is 6.92 Å². The topological polar surface area (TPSA) is 125 Å². The molecule has 19 heavy (non-hydrogen) atoms. The molecule has 1 aromatic rings. The Balaban J connectivity index is 2.45. The lowest BCUT2D eigenvalue weighted by Crippen LogP contribution is -2.24. The molecule has 106 valence electrons. The fraction of sp³-hybridized carbons (Fsp3) is 0.364. The Morgan fingerprint density at radius 2 is 2.11 bits per heavy atom. The highest BCUT2D eigenvalue weighted by molar-refractivity contribution is 7.86. The number of carbonyl (C=O) groups excluding carboxylic acids is 1. The van der Waals surface area contributed by atoms with Crippen LogP contribution in [0.15, 0.2) is 18.2 Å². The standard InChI is InChI=1S/C11H17N3O4S/c1-8-6-9(2-3-10(8)12)14-4-5-19(16,17)18-7-11(13)15/h2-3,6,14H,4-5,7,12H2,1H3,(H2,13,15). The molecule has 5 N–H and O–H groups in total. The number of rotatable bonds is 7. The minimum Gasteiger partial charge on any atom is -0.399 e. The van der Waals surface area contributed by atoms with Crippen molar-refractivity contribution in [1.82, 2.24) is 0 Å². The van der Waals surface area contributed by atoms with E-state index < -0.39 is 22.6 Å². The van der Waals surface area contributed by atoms with Crippen LogP contribution in [0.25, 0.3) is 0 Å². The smallest absolute Gasteiger partial charge is 0.269 e. The molecule has 0 aliphatic carbocycles. The number of hydrogen-bond acceptors (Lipinski definition) is 6. The van der Waals surface area contributed by atoms with Gasteiger partial charge in [-0.2, -0.15) is 8.42 Å². The van der Waals surface area contributed by atoms with Crippen molar-refractivity contribution >= 4 is 27.4 Å². The van der Waals surface area contributed by atoms with Crippen LogP contribution in [0.2, 0.25) is 0 Å².